The Labute approximate surface area is 173 Å². The second kappa shape index (κ2) is 8.57. The molecular weight excluding hydrogens is 386 g/mol. The summed E-state index contributed by atoms with van der Waals surface area (Å²) in [4.78, 5) is 13.3. The molecule has 0 aromatic heterocycles. The SMILES string of the molecule is Cc1cccc(OCCNC(=O)C2(S(=O)(=O)c3ccc(C)c(C)c3)CCCC2)c1. The van der Waals surface area contributed by atoms with E-state index in [0.29, 0.717) is 12.8 Å². The lowest BCUT2D eigenvalue weighted by Gasteiger charge is -2.28. The lowest BCUT2D eigenvalue weighted by molar-refractivity contribution is -0.123. The maximum atomic E-state index is 13.5. The molecule has 2 aromatic carbocycles. The summed E-state index contributed by atoms with van der Waals surface area (Å²) < 4.78 is 31.2. The van der Waals surface area contributed by atoms with E-state index in [0.717, 1.165) is 35.3 Å². The number of hydrogen-bond donors (Lipinski definition) is 1. The van der Waals surface area contributed by atoms with E-state index >= 15 is 0 Å². The molecular formula is C23H29NO4S. The van der Waals surface area contributed by atoms with Gasteiger partial charge in [0.2, 0.25) is 5.91 Å². The van der Waals surface area contributed by atoms with Crippen molar-refractivity contribution in [3.63, 3.8) is 0 Å². The van der Waals surface area contributed by atoms with Gasteiger partial charge in [0.25, 0.3) is 0 Å². The summed E-state index contributed by atoms with van der Waals surface area (Å²) in [5.41, 5.74) is 3.03. The van der Waals surface area contributed by atoms with Gasteiger partial charge in [0.1, 0.15) is 12.4 Å². The van der Waals surface area contributed by atoms with Crippen molar-refractivity contribution in [1.82, 2.24) is 5.32 Å². The van der Waals surface area contributed by atoms with Crippen LogP contribution in [0.4, 0.5) is 0 Å². The van der Waals surface area contributed by atoms with Crippen molar-refractivity contribution in [2.24, 2.45) is 0 Å². The Morgan fingerprint density at radius 1 is 1.03 bits per heavy atom. The first-order chi connectivity index (χ1) is 13.8. The van der Waals surface area contributed by atoms with Crippen LogP contribution in [0.15, 0.2) is 47.4 Å². The normalized spacial score (nSPS) is 15.8. The molecule has 29 heavy (non-hydrogen) atoms. The topological polar surface area (TPSA) is 72.5 Å². The van der Waals surface area contributed by atoms with Crippen LogP contribution in [0.3, 0.4) is 0 Å². The first kappa shape index (κ1) is 21.4. The molecule has 0 atom stereocenters. The number of hydrogen-bond acceptors (Lipinski definition) is 4. The zero-order valence-corrected chi connectivity index (χ0v) is 18.1. The minimum absolute atomic E-state index is 0.230. The van der Waals surface area contributed by atoms with Crippen LogP contribution >= 0.6 is 0 Å². The fraction of sp³-hybridized carbons (Fsp3) is 0.435. The van der Waals surface area contributed by atoms with Crippen molar-refractivity contribution in [1.29, 1.82) is 0 Å². The van der Waals surface area contributed by atoms with Crippen LogP contribution in [-0.4, -0.2) is 32.2 Å². The van der Waals surface area contributed by atoms with E-state index in [1.54, 1.807) is 18.2 Å². The van der Waals surface area contributed by atoms with Gasteiger partial charge in [-0.05, 0) is 74.6 Å². The van der Waals surface area contributed by atoms with Gasteiger partial charge >= 0.3 is 0 Å². The maximum Gasteiger partial charge on any atom is 0.241 e. The second-order valence-electron chi connectivity index (χ2n) is 7.87. The third-order valence-electron chi connectivity index (χ3n) is 5.77. The van der Waals surface area contributed by atoms with E-state index in [4.69, 9.17) is 4.74 Å². The maximum absolute atomic E-state index is 13.5. The average Bonchev–Trinajstić information content (AvgIpc) is 3.19. The fourth-order valence-corrected chi connectivity index (χ4v) is 6.04. The molecule has 6 heteroatoms. The summed E-state index contributed by atoms with van der Waals surface area (Å²) in [5, 5.41) is 2.81. The van der Waals surface area contributed by atoms with Crippen molar-refractivity contribution in [3.05, 3.63) is 59.2 Å². The number of carbonyl (C=O) groups is 1. The lowest BCUT2D eigenvalue weighted by Crippen LogP contribution is -2.51. The minimum Gasteiger partial charge on any atom is -0.492 e. The standard InChI is InChI=1S/C23H29NO4S/c1-17-7-6-8-20(15-17)28-14-13-24-22(25)23(11-4-5-12-23)29(26,27)21-10-9-18(2)19(3)16-21/h6-10,15-16H,4-5,11-14H2,1-3H3,(H,24,25). The highest BCUT2D eigenvalue weighted by molar-refractivity contribution is 7.93. The molecule has 0 saturated heterocycles. The second-order valence-corrected chi connectivity index (χ2v) is 10.1. The molecule has 0 bridgehead atoms. The summed E-state index contributed by atoms with van der Waals surface area (Å²) in [6.45, 7) is 6.36. The van der Waals surface area contributed by atoms with Gasteiger partial charge in [0.05, 0.1) is 11.4 Å². The number of carbonyl (C=O) groups excluding carboxylic acids is 1. The number of aryl methyl sites for hydroxylation is 3. The van der Waals surface area contributed by atoms with E-state index in [1.165, 1.54) is 0 Å². The Hall–Kier alpha value is -2.34. The van der Waals surface area contributed by atoms with E-state index in [9.17, 15) is 13.2 Å². The molecule has 3 rings (SSSR count). The van der Waals surface area contributed by atoms with E-state index < -0.39 is 20.5 Å². The molecule has 156 valence electrons. The monoisotopic (exact) mass is 415 g/mol. The summed E-state index contributed by atoms with van der Waals surface area (Å²) in [7, 11) is -3.79. The van der Waals surface area contributed by atoms with Crippen molar-refractivity contribution in [2.75, 3.05) is 13.2 Å². The largest absolute Gasteiger partial charge is 0.492 e. The summed E-state index contributed by atoms with van der Waals surface area (Å²) in [5.74, 6) is 0.318. The first-order valence-corrected chi connectivity index (χ1v) is 11.5. The molecule has 5 nitrogen and oxygen atoms in total. The van der Waals surface area contributed by atoms with Crippen LogP contribution in [0.5, 0.6) is 5.75 Å². The van der Waals surface area contributed by atoms with Crippen LogP contribution in [0.1, 0.15) is 42.4 Å². The molecule has 0 unspecified atom stereocenters. The minimum atomic E-state index is -3.79. The van der Waals surface area contributed by atoms with Crippen LogP contribution < -0.4 is 10.1 Å². The van der Waals surface area contributed by atoms with Gasteiger partial charge in [0, 0.05) is 0 Å². The molecule has 1 fully saturated rings. The van der Waals surface area contributed by atoms with Gasteiger partial charge in [-0.3, -0.25) is 4.79 Å². The van der Waals surface area contributed by atoms with Crippen LogP contribution in [0.25, 0.3) is 0 Å². The molecule has 0 aliphatic heterocycles. The molecule has 1 N–H and O–H groups in total. The zero-order chi connectivity index (χ0) is 21.1. The lowest BCUT2D eigenvalue weighted by atomic mass is 10.1. The Morgan fingerprint density at radius 2 is 1.76 bits per heavy atom. The molecule has 1 aliphatic rings. The number of ether oxygens (including phenoxy) is 1. The van der Waals surface area contributed by atoms with Gasteiger partial charge in [-0.2, -0.15) is 0 Å². The molecule has 1 amide bonds. The zero-order valence-electron chi connectivity index (χ0n) is 17.3. The highest BCUT2D eigenvalue weighted by Crippen LogP contribution is 2.41. The molecule has 1 saturated carbocycles. The molecule has 2 aromatic rings. The first-order valence-electron chi connectivity index (χ1n) is 10.1. The van der Waals surface area contributed by atoms with Gasteiger partial charge in [-0.15, -0.1) is 0 Å². The molecule has 0 radical (unpaired) electrons. The smallest absolute Gasteiger partial charge is 0.241 e. The molecule has 0 heterocycles. The van der Waals surface area contributed by atoms with Gasteiger partial charge < -0.3 is 10.1 Å². The Balaban J connectivity index is 1.72. The molecule has 0 spiro atoms. The van der Waals surface area contributed by atoms with Crippen molar-refractivity contribution < 1.29 is 17.9 Å². The quantitative estimate of drug-likeness (QED) is 0.696. The summed E-state index contributed by atoms with van der Waals surface area (Å²) >= 11 is 0. The van der Waals surface area contributed by atoms with Crippen LogP contribution in [0, 0.1) is 20.8 Å². The number of benzene rings is 2. The van der Waals surface area contributed by atoms with Crippen molar-refractivity contribution in [3.8, 4) is 5.75 Å². The van der Waals surface area contributed by atoms with Gasteiger partial charge in [0.15, 0.2) is 14.6 Å². The predicted molar refractivity (Wildman–Crippen MR) is 114 cm³/mol. The number of amides is 1. The van der Waals surface area contributed by atoms with Gasteiger partial charge in [-0.1, -0.05) is 31.0 Å². The average molecular weight is 416 g/mol. The van der Waals surface area contributed by atoms with E-state index in [2.05, 4.69) is 5.32 Å². The van der Waals surface area contributed by atoms with Gasteiger partial charge in [-0.25, -0.2) is 8.42 Å². The highest BCUT2D eigenvalue weighted by Gasteiger charge is 2.52. The number of sulfone groups is 1. The number of nitrogens with one attached hydrogen (secondary N) is 1. The Kier molecular flexibility index (Phi) is 6.32. The Bertz CT molecular complexity index is 992. The highest BCUT2D eigenvalue weighted by atomic mass is 32.2. The van der Waals surface area contributed by atoms with Crippen LogP contribution in [0.2, 0.25) is 0 Å². The van der Waals surface area contributed by atoms with E-state index in [1.807, 2.05) is 45.0 Å². The predicted octanol–water partition coefficient (Wildman–Crippen LogP) is 3.89. The van der Waals surface area contributed by atoms with Crippen molar-refractivity contribution >= 4 is 15.7 Å². The third-order valence-corrected chi connectivity index (χ3v) is 8.27. The summed E-state index contributed by atoms with van der Waals surface area (Å²) in [6, 6.07) is 12.8. The fourth-order valence-electron chi connectivity index (χ4n) is 3.87. The summed E-state index contributed by atoms with van der Waals surface area (Å²) in [6.07, 6.45) is 2.17. The van der Waals surface area contributed by atoms with E-state index in [-0.39, 0.29) is 18.0 Å². The Morgan fingerprint density at radius 3 is 2.41 bits per heavy atom. The third kappa shape index (κ3) is 4.32. The molecule has 1 aliphatic carbocycles. The number of rotatable bonds is 7. The van der Waals surface area contributed by atoms with Crippen LogP contribution in [-0.2, 0) is 14.6 Å². The van der Waals surface area contributed by atoms with Crippen molar-refractivity contribution in [2.45, 2.75) is 56.1 Å².